The molecule has 0 fully saturated rings. The van der Waals surface area contributed by atoms with Crippen molar-refractivity contribution in [3.8, 4) is 0 Å². The van der Waals surface area contributed by atoms with E-state index in [-0.39, 0.29) is 5.82 Å². The van der Waals surface area contributed by atoms with Gasteiger partial charge in [-0.25, -0.2) is 4.39 Å². The first kappa shape index (κ1) is 11.6. The van der Waals surface area contributed by atoms with Crippen LogP contribution in [0.15, 0.2) is 42.6 Å². The van der Waals surface area contributed by atoms with Crippen molar-refractivity contribution in [2.45, 2.75) is 13.3 Å². The lowest BCUT2D eigenvalue weighted by Crippen LogP contribution is -2.07. The Morgan fingerprint density at radius 2 is 2.12 bits per heavy atom. The van der Waals surface area contributed by atoms with Gasteiger partial charge in [0.1, 0.15) is 5.82 Å². The van der Waals surface area contributed by atoms with Gasteiger partial charge in [-0.1, -0.05) is 6.07 Å². The highest BCUT2D eigenvalue weighted by Crippen LogP contribution is 2.15. The number of aryl methyl sites for hydroxylation is 1. The molecule has 2 rings (SSSR count). The number of hydrogen-bond donors (Lipinski definition) is 1. The van der Waals surface area contributed by atoms with Gasteiger partial charge >= 0.3 is 0 Å². The third-order valence-electron chi connectivity index (χ3n) is 2.61. The zero-order valence-electron chi connectivity index (χ0n) is 9.78. The van der Waals surface area contributed by atoms with E-state index >= 15 is 0 Å². The molecule has 0 saturated heterocycles. The van der Waals surface area contributed by atoms with Crippen molar-refractivity contribution in [1.82, 2.24) is 4.98 Å². The zero-order chi connectivity index (χ0) is 12.1. The van der Waals surface area contributed by atoms with Crippen LogP contribution in [0.3, 0.4) is 0 Å². The lowest BCUT2D eigenvalue weighted by Gasteiger charge is -2.09. The summed E-state index contributed by atoms with van der Waals surface area (Å²) in [5.74, 6) is -0.197. The van der Waals surface area contributed by atoms with E-state index in [9.17, 15) is 4.39 Å². The number of halogens is 1. The van der Waals surface area contributed by atoms with Crippen molar-refractivity contribution in [2.24, 2.45) is 0 Å². The fourth-order valence-corrected chi connectivity index (χ4v) is 1.70. The maximum absolute atomic E-state index is 12.9. The van der Waals surface area contributed by atoms with Crippen LogP contribution in [0.25, 0.3) is 0 Å². The summed E-state index contributed by atoms with van der Waals surface area (Å²) in [6.07, 6.45) is 2.65. The van der Waals surface area contributed by atoms with Crippen LogP contribution < -0.4 is 5.32 Å². The first-order valence-corrected chi connectivity index (χ1v) is 5.65. The van der Waals surface area contributed by atoms with Crippen LogP contribution in [0.1, 0.15) is 11.3 Å². The fourth-order valence-electron chi connectivity index (χ4n) is 1.70. The van der Waals surface area contributed by atoms with E-state index in [1.165, 1.54) is 12.1 Å². The molecule has 0 bridgehead atoms. The lowest BCUT2D eigenvalue weighted by molar-refractivity contribution is 0.627. The molecule has 0 aliphatic carbocycles. The van der Waals surface area contributed by atoms with Gasteiger partial charge in [-0.15, -0.1) is 0 Å². The first-order chi connectivity index (χ1) is 8.25. The largest absolute Gasteiger partial charge is 0.384 e. The summed E-state index contributed by atoms with van der Waals surface area (Å²) < 4.78 is 12.9. The van der Waals surface area contributed by atoms with Crippen molar-refractivity contribution in [1.29, 1.82) is 0 Å². The van der Waals surface area contributed by atoms with Gasteiger partial charge in [0.05, 0.1) is 0 Å². The van der Waals surface area contributed by atoms with Crippen LogP contribution in [0.2, 0.25) is 0 Å². The van der Waals surface area contributed by atoms with Gasteiger partial charge < -0.3 is 5.32 Å². The molecule has 0 atom stereocenters. The molecule has 1 heterocycles. The van der Waals surface area contributed by atoms with E-state index < -0.39 is 0 Å². The minimum atomic E-state index is -0.197. The van der Waals surface area contributed by atoms with Crippen LogP contribution in [0, 0.1) is 12.7 Å². The Morgan fingerprint density at radius 3 is 2.82 bits per heavy atom. The third kappa shape index (κ3) is 3.28. The van der Waals surface area contributed by atoms with E-state index in [0.29, 0.717) is 0 Å². The predicted molar refractivity (Wildman–Crippen MR) is 67.6 cm³/mol. The molecule has 1 N–H and O–H groups in total. The molecule has 0 saturated carbocycles. The van der Waals surface area contributed by atoms with Crippen molar-refractivity contribution in [2.75, 3.05) is 11.9 Å². The topological polar surface area (TPSA) is 24.9 Å². The summed E-state index contributed by atoms with van der Waals surface area (Å²) in [6.45, 7) is 2.69. The summed E-state index contributed by atoms with van der Waals surface area (Å²) >= 11 is 0. The van der Waals surface area contributed by atoms with Gasteiger partial charge in [-0.3, -0.25) is 4.98 Å². The van der Waals surface area contributed by atoms with E-state index in [1.807, 2.05) is 25.1 Å². The quantitative estimate of drug-likeness (QED) is 0.872. The summed E-state index contributed by atoms with van der Waals surface area (Å²) in [5.41, 5.74) is 2.95. The molecule has 0 radical (unpaired) electrons. The zero-order valence-corrected chi connectivity index (χ0v) is 9.78. The molecule has 1 aromatic carbocycles. The van der Waals surface area contributed by atoms with E-state index in [2.05, 4.69) is 10.3 Å². The standard InChI is InChI=1S/C14H15FN2/c1-11-10-12(15)5-6-14(11)17-9-7-13-4-2-3-8-16-13/h2-6,8,10,17H,7,9H2,1H3. The molecule has 0 spiro atoms. The van der Waals surface area contributed by atoms with Crippen molar-refractivity contribution >= 4 is 5.69 Å². The van der Waals surface area contributed by atoms with Crippen molar-refractivity contribution < 1.29 is 4.39 Å². The summed E-state index contributed by atoms with van der Waals surface area (Å²) in [7, 11) is 0. The molecule has 3 heteroatoms. The van der Waals surface area contributed by atoms with Gasteiger partial charge in [-0.05, 0) is 42.8 Å². The highest BCUT2D eigenvalue weighted by atomic mass is 19.1. The van der Waals surface area contributed by atoms with E-state index in [0.717, 1.165) is 29.9 Å². The number of rotatable bonds is 4. The molecule has 0 amide bonds. The molecule has 1 aromatic heterocycles. The Morgan fingerprint density at radius 1 is 1.24 bits per heavy atom. The highest BCUT2D eigenvalue weighted by molar-refractivity contribution is 5.50. The number of benzene rings is 1. The summed E-state index contributed by atoms with van der Waals surface area (Å²) in [4.78, 5) is 4.25. The average Bonchev–Trinajstić information content (AvgIpc) is 2.33. The normalized spacial score (nSPS) is 10.2. The maximum atomic E-state index is 12.9. The monoisotopic (exact) mass is 230 g/mol. The molecule has 2 nitrogen and oxygen atoms in total. The maximum Gasteiger partial charge on any atom is 0.123 e. The Kier molecular flexibility index (Phi) is 3.70. The number of nitrogens with one attached hydrogen (secondary N) is 1. The molecule has 88 valence electrons. The molecule has 17 heavy (non-hydrogen) atoms. The third-order valence-corrected chi connectivity index (χ3v) is 2.61. The molecular formula is C14H15FN2. The minimum absolute atomic E-state index is 0.197. The Bertz CT molecular complexity index is 483. The first-order valence-electron chi connectivity index (χ1n) is 5.65. The number of pyridine rings is 1. The second-order valence-electron chi connectivity index (χ2n) is 3.96. The van der Waals surface area contributed by atoms with Crippen LogP contribution in [-0.4, -0.2) is 11.5 Å². The van der Waals surface area contributed by atoms with Crippen molar-refractivity contribution in [3.63, 3.8) is 0 Å². The summed E-state index contributed by atoms with van der Waals surface area (Å²) in [6, 6.07) is 10.6. The van der Waals surface area contributed by atoms with Gasteiger partial charge in [-0.2, -0.15) is 0 Å². The SMILES string of the molecule is Cc1cc(F)ccc1NCCc1ccccn1. The molecule has 0 unspecified atom stereocenters. The summed E-state index contributed by atoms with van der Waals surface area (Å²) in [5, 5.41) is 3.28. The Balaban J connectivity index is 1.90. The van der Waals surface area contributed by atoms with E-state index in [4.69, 9.17) is 0 Å². The average molecular weight is 230 g/mol. The van der Waals surface area contributed by atoms with Crippen LogP contribution >= 0.6 is 0 Å². The van der Waals surface area contributed by atoms with E-state index in [1.54, 1.807) is 12.3 Å². The lowest BCUT2D eigenvalue weighted by atomic mass is 10.2. The number of hydrogen-bond acceptors (Lipinski definition) is 2. The van der Waals surface area contributed by atoms with Crippen LogP contribution in [0.4, 0.5) is 10.1 Å². The van der Waals surface area contributed by atoms with Gasteiger partial charge in [0.2, 0.25) is 0 Å². The van der Waals surface area contributed by atoms with Gasteiger partial charge in [0.25, 0.3) is 0 Å². The smallest absolute Gasteiger partial charge is 0.123 e. The van der Waals surface area contributed by atoms with Crippen LogP contribution in [0.5, 0.6) is 0 Å². The van der Waals surface area contributed by atoms with Gasteiger partial charge in [0, 0.05) is 30.5 Å². The fraction of sp³-hybridized carbons (Fsp3) is 0.214. The number of anilines is 1. The molecular weight excluding hydrogens is 215 g/mol. The number of nitrogens with zero attached hydrogens (tertiary/aromatic N) is 1. The predicted octanol–water partition coefficient (Wildman–Crippen LogP) is 3.18. The molecule has 0 aliphatic heterocycles. The van der Waals surface area contributed by atoms with Gasteiger partial charge in [0.15, 0.2) is 0 Å². The second-order valence-corrected chi connectivity index (χ2v) is 3.96. The van der Waals surface area contributed by atoms with Crippen molar-refractivity contribution in [3.05, 3.63) is 59.7 Å². The molecule has 0 aliphatic rings. The minimum Gasteiger partial charge on any atom is -0.384 e. The highest BCUT2D eigenvalue weighted by Gasteiger charge is 1.99. The van der Waals surface area contributed by atoms with Crippen LogP contribution in [-0.2, 0) is 6.42 Å². The number of aromatic nitrogens is 1. The Hall–Kier alpha value is -1.90. The Labute approximate surface area is 101 Å². The molecule has 2 aromatic rings. The second kappa shape index (κ2) is 5.43.